The Hall–Kier alpha value is -2.83. The van der Waals surface area contributed by atoms with Crippen LogP contribution in [0.25, 0.3) is 0 Å². The molecule has 27 heavy (non-hydrogen) atoms. The Bertz CT molecular complexity index is 876. The molecule has 1 aliphatic rings. The average molecular weight is 371 g/mol. The second kappa shape index (κ2) is 6.72. The molecule has 1 unspecified atom stereocenters. The molecule has 144 valence electrons. The van der Waals surface area contributed by atoms with E-state index in [0.717, 1.165) is 11.3 Å². The average Bonchev–Trinajstić information content (AvgIpc) is 2.90. The molecule has 3 rings (SSSR count). The van der Waals surface area contributed by atoms with Crippen molar-refractivity contribution in [3.8, 4) is 5.75 Å². The molecule has 7 nitrogen and oxygen atoms in total. The zero-order valence-corrected chi connectivity index (χ0v) is 16.5. The number of nitrogens with zero attached hydrogens (tertiary/aromatic N) is 2. The van der Waals surface area contributed by atoms with E-state index < -0.39 is 11.5 Å². The van der Waals surface area contributed by atoms with E-state index in [1.54, 1.807) is 30.0 Å². The second-order valence-electron chi connectivity index (χ2n) is 7.87. The van der Waals surface area contributed by atoms with E-state index in [1.165, 1.54) is 0 Å². The van der Waals surface area contributed by atoms with Gasteiger partial charge in [0.1, 0.15) is 11.5 Å². The van der Waals surface area contributed by atoms with Gasteiger partial charge in [0.25, 0.3) is 5.91 Å². The SMILES string of the molecule is Cc1noc(C)c1CN1C(=O)C(C)Oc2ccc(NC(=O)C(C)(C)C)cc21. The van der Waals surface area contributed by atoms with Crippen LogP contribution in [0.3, 0.4) is 0 Å². The van der Waals surface area contributed by atoms with E-state index in [9.17, 15) is 9.59 Å². The van der Waals surface area contributed by atoms with Gasteiger partial charge in [-0.2, -0.15) is 0 Å². The van der Waals surface area contributed by atoms with Crippen molar-refractivity contribution in [1.29, 1.82) is 0 Å². The number of aromatic nitrogens is 1. The number of ether oxygens (including phenoxy) is 1. The second-order valence-corrected chi connectivity index (χ2v) is 7.87. The molecule has 2 heterocycles. The lowest BCUT2D eigenvalue weighted by molar-refractivity contribution is -0.125. The van der Waals surface area contributed by atoms with Crippen LogP contribution in [-0.4, -0.2) is 23.1 Å². The summed E-state index contributed by atoms with van der Waals surface area (Å²) in [5, 5.41) is 6.86. The molecule has 0 saturated heterocycles. The van der Waals surface area contributed by atoms with Crippen LogP contribution in [0.4, 0.5) is 11.4 Å². The van der Waals surface area contributed by atoms with Gasteiger partial charge in [-0.1, -0.05) is 25.9 Å². The molecule has 1 aromatic carbocycles. The van der Waals surface area contributed by atoms with E-state index >= 15 is 0 Å². The van der Waals surface area contributed by atoms with Crippen LogP contribution in [0, 0.1) is 19.3 Å². The molecule has 1 aliphatic heterocycles. The largest absolute Gasteiger partial charge is 0.479 e. The lowest BCUT2D eigenvalue weighted by atomic mass is 9.95. The molecular formula is C20H25N3O4. The molecule has 2 aromatic rings. The Kier molecular flexibility index (Phi) is 4.71. The first kappa shape index (κ1) is 18.9. The highest BCUT2D eigenvalue weighted by atomic mass is 16.5. The van der Waals surface area contributed by atoms with Gasteiger partial charge in [-0.05, 0) is 39.0 Å². The molecule has 0 bridgehead atoms. The monoisotopic (exact) mass is 371 g/mol. The third-order valence-electron chi connectivity index (χ3n) is 4.60. The van der Waals surface area contributed by atoms with Crippen LogP contribution in [0.15, 0.2) is 22.7 Å². The minimum absolute atomic E-state index is 0.101. The first-order valence-electron chi connectivity index (χ1n) is 8.93. The number of carbonyl (C=O) groups is 2. The Morgan fingerprint density at radius 3 is 2.59 bits per heavy atom. The Morgan fingerprint density at radius 2 is 2.00 bits per heavy atom. The van der Waals surface area contributed by atoms with Crippen molar-refractivity contribution >= 4 is 23.2 Å². The van der Waals surface area contributed by atoms with Crippen LogP contribution in [-0.2, 0) is 16.1 Å². The van der Waals surface area contributed by atoms with Crippen molar-refractivity contribution < 1.29 is 18.8 Å². The van der Waals surface area contributed by atoms with Gasteiger partial charge in [0.2, 0.25) is 5.91 Å². The van der Waals surface area contributed by atoms with Crippen molar-refractivity contribution in [1.82, 2.24) is 5.16 Å². The maximum atomic E-state index is 12.8. The summed E-state index contributed by atoms with van der Waals surface area (Å²) in [6.45, 7) is 11.3. The molecule has 1 N–H and O–H groups in total. The number of carbonyl (C=O) groups excluding carboxylic acids is 2. The minimum atomic E-state index is -0.590. The van der Waals surface area contributed by atoms with E-state index in [2.05, 4.69) is 10.5 Å². The molecule has 0 aliphatic carbocycles. The van der Waals surface area contributed by atoms with Gasteiger partial charge in [-0.3, -0.25) is 9.59 Å². The summed E-state index contributed by atoms with van der Waals surface area (Å²) in [6.07, 6.45) is -0.590. The van der Waals surface area contributed by atoms with Crippen LogP contribution in [0.5, 0.6) is 5.75 Å². The van der Waals surface area contributed by atoms with Gasteiger partial charge >= 0.3 is 0 Å². The van der Waals surface area contributed by atoms with Crippen molar-refractivity contribution in [2.75, 3.05) is 10.2 Å². The van der Waals surface area contributed by atoms with E-state index in [4.69, 9.17) is 9.26 Å². The standard InChI is InChI=1S/C20H25N3O4/c1-11-15(12(2)27-22-11)10-23-16-9-14(21-19(25)20(4,5)6)7-8-17(16)26-13(3)18(23)24/h7-9,13H,10H2,1-6H3,(H,21,25). The Balaban J connectivity index is 1.97. The molecule has 0 spiro atoms. The lowest BCUT2D eigenvalue weighted by Crippen LogP contribution is -2.44. The van der Waals surface area contributed by atoms with Crippen molar-refractivity contribution in [2.45, 2.75) is 54.2 Å². The van der Waals surface area contributed by atoms with Gasteiger partial charge in [0.05, 0.1) is 17.9 Å². The van der Waals surface area contributed by atoms with E-state index in [1.807, 2.05) is 34.6 Å². The first-order valence-corrected chi connectivity index (χ1v) is 8.93. The highest BCUT2D eigenvalue weighted by Crippen LogP contribution is 2.38. The molecule has 0 fully saturated rings. The number of benzene rings is 1. The Morgan fingerprint density at radius 1 is 1.30 bits per heavy atom. The van der Waals surface area contributed by atoms with Crippen LogP contribution in [0.2, 0.25) is 0 Å². The summed E-state index contributed by atoms with van der Waals surface area (Å²) in [6, 6.07) is 5.32. The zero-order valence-electron chi connectivity index (χ0n) is 16.5. The van der Waals surface area contributed by atoms with Gasteiger partial charge in [-0.25, -0.2) is 0 Å². The predicted octanol–water partition coefficient (Wildman–Crippen LogP) is 3.59. The van der Waals surface area contributed by atoms with Crippen molar-refractivity contribution in [3.63, 3.8) is 0 Å². The summed E-state index contributed by atoms with van der Waals surface area (Å²) < 4.78 is 11.0. The number of rotatable bonds is 3. The predicted molar refractivity (Wildman–Crippen MR) is 102 cm³/mol. The number of aryl methyl sites for hydroxylation is 2. The molecule has 0 saturated carbocycles. The number of hydrogen-bond acceptors (Lipinski definition) is 5. The molecule has 1 aromatic heterocycles. The summed E-state index contributed by atoms with van der Waals surface area (Å²) in [5.74, 6) is 1.03. The summed E-state index contributed by atoms with van der Waals surface area (Å²) >= 11 is 0. The normalized spacial score (nSPS) is 16.7. The van der Waals surface area contributed by atoms with Crippen LogP contribution >= 0.6 is 0 Å². The van der Waals surface area contributed by atoms with Crippen molar-refractivity contribution in [2.24, 2.45) is 5.41 Å². The maximum absolute atomic E-state index is 12.8. The third kappa shape index (κ3) is 3.67. The van der Waals surface area contributed by atoms with Gasteiger partial charge < -0.3 is 19.5 Å². The smallest absolute Gasteiger partial charge is 0.268 e. The lowest BCUT2D eigenvalue weighted by Gasteiger charge is -2.33. The number of anilines is 2. The zero-order chi connectivity index (χ0) is 19.9. The topological polar surface area (TPSA) is 84.7 Å². The highest BCUT2D eigenvalue weighted by molar-refractivity contribution is 6.01. The number of fused-ring (bicyclic) bond motifs is 1. The summed E-state index contributed by atoms with van der Waals surface area (Å²) in [5.41, 5.74) is 2.33. The molecule has 0 radical (unpaired) electrons. The van der Waals surface area contributed by atoms with Gasteiger partial charge in [0, 0.05) is 16.7 Å². The van der Waals surface area contributed by atoms with Crippen LogP contribution < -0.4 is 15.0 Å². The fourth-order valence-corrected chi connectivity index (χ4v) is 2.85. The number of hydrogen-bond donors (Lipinski definition) is 1. The minimum Gasteiger partial charge on any atom is -0.479 e. The maximum Gasteiger partial charge on any atom is 0.268 e. The first-order chi connectivity index (χ1) is 12.6. The third-order valence-corrected chi connectivity index (χ3v) is 4.60. The molecular weight excluding hydrogens is 346 g/mol. The fourth-order valence-electron chi connectivity index (χ4n) is 2.85. The van der Waals surface area contributed by atoms with E-state index in [0.29, 0.717) is 29.4 Å². The van der Waals surface area contributed by atoms with Gasteiger partial charge in [-0.15, -0.1) is 0 Å². The number of nitrogens with one attached hydrogen (secondary N) is 1. The quantitative estimate of drug-likeness (QED) is 0.891. The molecule has 2 amide bonds. The summed E-state index contributed by atoms with van der Waals surface area (Å²) in [7, 11) is 0. The fraction of sp³-hybridized carbons (Fsp3) is 0.450. The van der Waals surface area contributed by atoms with Crippen molar-refractivity contribution in [3.05, 3.63) is 35.2 Å². The van der Waals surface area contributed by atoms with Crippen LogP contribution in [0.1, 0.15) is 44.7 Å². The summed E-state index contributed by atoms with van der Waals surface area (Å²) in [4.78, 5) is 26.7. The highest BCUT2D eigenvalue weighted by Gasteiger charge is 2.33. The molecule has 1 atom stereocenters. The van der Waals surface area contributed by atoms with E-state index in [-0.39, 0.29) is 11.8 Å². The Labute approximate surface area is 158 Å². The number of amides is 2. The van der Waals surface area contributed by atoms with Gasteiger partial charge in [0.15, 0.2) is 6.10 Å². The molecule has 7 heteroatoms.